The van der Waals surface area contributed by atoms with Gasteiger partial charge >= 0.3 is 0 Å². The summed E-state index contributed by atoms with van der Waals surface area (Å²) < 4.78 is 32.0. The molecule has 25 heavy (non-hydrogen) atoms. The lowest BCUT2D eigenvalue weighted by atomic mass is 10.3. The Morgan fingerprint density at radius 1 is 1.00 bits per heavy atom. The van der Waals surface area contributed by atoms with E-state index in [4.69, 9.17) is 4.74 Å². The molecule has 0 unspecified atom stereocenters. The van der Waals surface area contributed by atoms with Crippen LogP contribution in [-0.4, -0.2) is 81.4 Å². The van der Waals surface area contributed by atoms with Gasteiger partial charge in [0.05, 0.1) is 4.90 Å². The molecule has 0 N–H and O–H groups in total. The molecule has 7 nitrogen and oxygen atoms in total. The number of rotatable bonds is 5. The Hall–Kier alpha value is -1.64. The number of carbonyl (C=O) groups is 1. The fourth-order valence-electron chi connectivity index (χ4n) is 3.08. The molecule has 1 aromatic rings. The molecule has 3 rings (SSSR count). The van der Waals surface area contributed by atoms with Crippen molar-refractivity contribution in [3.05, 3.63) is 24.3 Å². The normalized spacial score (nSPS) is 20.0. The summed E-state index contributed by atoms with van der Waals surface area (Å²) >= 11 is 0. The number of hydrogen-bond acceptors (Lipinski definition) is 5. The molecular formula is C17H25N3O4S. The van der Waals surface area contributed by atoms with E-state index in [1.165, 1.54) is 4.31 Å². The predicted molar refractivity (Wildman–Crippen MR) is 94.0 cm³/mol. The highest BCUT2D eigenvalue weighted by Crippen LogP contribution is 2.22. The predicted octanol–water partition coefficient (Wildman–Crippen LogP) is 0.624. The smallest absolute Gasteiger partial charge is 0.260 e. The third-order valence-corrected chi connectivity index (χ3v) is 6.66. The van der Waals surface area contributed by atoms with Crippen molar-refractivity contribution in [2.75, 3.05) is 52.9 Å². The molecule has 0 aromatic heterocycles. The number of benzene rings is 1. The number of carbonyl (C=O) groups excluding carboxylic acids is 1. The number of amides is 1. The molecule has 0 radical (unpaired) electrons. The fourth-order valence-corrected chi connectivity index (χ4v) is 4.59. The summed E-state index contributed by atoms with van der Waals surface area (Å²) in [4.78, 5) is 16.4. The number of piperazine rings is 1. The topological polar surface area (TPSA) is 70.2 Å². The summed E-state index contributed by atoms with van der Waals surface area (Å²) in [6, 6.07) is 6.31. The highest BCUT2D eigenvalue weighted by Gasteiger charge is 2.27. The first-order valence-corrected chi connectivity index (χ1v) is 10.1. The summed E-state index contributed by atoms with van der Waals surface area (Å²) in [6.45, 7) is 4.31. The van der Waals surface area contributed by atoms with Gasteiger partial charge in [-0.15, -0.1) is 0 Å². The molecule has 0 saturated carbocycles. The average molecular weight is 367 g/mol. The monoisotopic (exact) mass is 367 g/mol. The molecule has 8 heteroatoms. The van der Waals surface area contributed by atoms with Gasteiger partial charge in [0, 0.05) is 39.3 Å². The van der Waals surface area contributed by atoms with Crippen LogP contribution in [0.3, 0.4) is 0 Å². The molecule has 0 bridgehead atoms. The standard InChI is InChI=1S/C17H25N3O4S/c1-18-10-12-19(13-11-18)17(21)14-24-15-4-6-16(7-5-15)25(22,23)20-8-2-3-9-20/h4-7H,2-3,8-14H2,1H3. The summed E-state index contributed by atoms with van der Waals surface area (Å²) in [6.07, 6.45) is 1.82. The Morgan fingerprint density at radius 2 is 1.60 bits per heavy atom. The minimum Gasteiger partial charge on any atom is -0.484 e. The number of sulfonamides is 1. The van der Waals surface area contributed by atoms with Crippen molar-refractivity contribution in [1.29, 1.82) is 0 Å². The van der Waals surface area contributed by atoms with Crippen molar-refractivity contribution in [1.82, 2.24) is 14.1 Å². The molecule has 2 saturated heterocycles. The van der Waals surface area contributed by atoms with Gasteiger partial charge in [-0.25, -0.2) is 8.42 Å². The van der Waals surface area contributed by atoms with Crippen LogP contribution in [0, 0.1) is 0 Å². The molecule has 0 aliphatic carbocycles. The first-order valence-electron chi connectivity index (χ1n) is 8.66. The molecule has 138 valence electrons. The zero-order chi connectivity index (χ0) is 17.9. The van der Waals surface area contributed by atoms with E-state index in [2.05, 4.69) is 4.90 Å². The van der Waals surface area contributed by atoms with E-state index in [9.17, 15) is 13.2 Å². The maximum absolute atomic E-state index is 12.5. The molecule has 2 fully saturated rings. The second-order valence-electron chi connectivity index (χ2n) is 6.56. The number of ether oxygens (including phenoxy) is 1. The number of nitrogens with zero attached hydrogens (tertiary/aromatic N) is 3. The van der Waals surface area contributed by atoms with Crippen molar-refractivity contribution >= 4 is 15.9 Å². The van der Waals surface area contributed by atoms with Crippen LogP contribution in [0.25, 0.3) is 0 Å². The lowest BCUT2D eigenvalue weighted by Crippen LogP contribution is -2.48. The zero-order valence-corrected chi connectivity index (χ0v) is 15.4. The lowest BCUT2D eigenvalue weighted by molar-refractivity contribution is -0.134. The van der Waals surface area contributed by atoms with Gasteiger partial charge in [0.25, 0.3) is 5.91 Å². The Kier molecular flexibility index (Phi) is 5.61. The molecule has 1 aromatic carbocycles. The van der Waals surface area contributed by atoms with Crippen LogP contribution in [0.5, 0.6) is 5.75 Å². The van der Waals surface area contributed by atoms with E-state index in [0.717, 1.165) is 25.9 Å². The van der Waals surface area contributed by atoms with Crippen molar-refractivity contribution < 1.29 is 17.9 Å². The Balaban J connectivity index is 1.55. The molecular weight excluding hydrogens is 342 g/mol. The average Bonchev–Trinajstić information content (AvgIpc) is 3.16. The van der Waals surface area contributed by atoms with Crippen LogP contribution >= 0.6 is 0 Å². The van der Waals surface area contributed by atoms with Crippen molar-refractivity contribution in [2.24, 2.45) is 0 Å². The highest BCUT2D eigenvalue weighted by atomic mass is 32.2. The molecule has 2 aliphatic rings. The maximum atomic E-state index is 12.5. The molecule has 0 atom stereocenters. The van der Waals surface area contributed by atoms with Gasteiger partial charge in [0.1, 0.15) is 5.75 Å². The fraction of sp³-hybridized carbons (Fsp3) is 0.588. The summed E-state index contributed by atoms with van der Waals surface area (Å²) in [5, 5.41) is 0. The second-order valence-corrected chi connectivity index (χ2v) is 8.49. The van der Waals surface area contributed by atoms with E-state index >= 15 is 0 Å². The molecule has 0 spiro atoms. The Labute approximate surface area is 149 Å². The second kappa shape index (κ2) is 7.72. The number of likely N-dealkylation sites (N-methyl/N-ethyl adjacent to an activating group) is 1. The van der Waals surface area contributed by atoms with Gasteiger partial charge in [-0.05, 0) is 44.2 Å². The first-order chi connectivity index (χ1) is 12.0. The summed E-state index contributed by atoms with van der Waals surface area (Å²) in [7, 11) is -1.37. The van der Waals surface area contributed by atoms with E-state index < -0.39 is 10.0 Å². The van der Waals surface area contributed by atoms with Crippen molar-refractivity contribution in [3.8, 4) is 5.75 Å². The minimum absolute atomic E-state index is 0.0259. The lowest BCUT2D eigenvalue weighted by Gasteiger charge is -2.32. The molecule has 2 aliphatic heterocycles. The van der Waals surface area contributed by atoms with Gasteiger partial charge in [-0.1, -0.05) is 0 Å². The van der Waals surface area contributed by atoms with Crippen molar-refractivity contribution in [3.63, 3.8) is 0 Å². The van der Waals surface area contributed by atoms with E-state index in [1.54, 1.807) is 29.2 Å². The Bertz CT molecular complexity index is 691. The van der Waals surface area contributed by atoms with Gasteiger partial charge < -0.3 is 14.5 Å². The SMILES string of the molecule is CN1CCN(C(=O)COc2ccc(S(=O)(=O)N3CCCC3)cc2)CC1. The van der Waals surface area contributed by atoms with E-state index in [0.29, 0.717) is 31.9 Å². The van der Waals surface area contributed by atoms with Gasteiger partial charge in [0.2, 0.25) is 10.0 Å². The quantitative estimate of drug-likeness (QED) is 0.763. The minimum atomic E-state index is -3.41. The van der Waals surface area contributed by atoms with Crippen LogP contribution in [-0.2, 0) is 14.8 Å². The van der Waals surface area contributed by atoms with Crippen LogP contribution in [0.15, 0.2) is 29.2 Å². The van der Waals surface area contributed by atoms with Gasteiger partial charge in [-0.3, -0.25) is 4.79 Å². The summed E-state index contributed by atoms with van der Waals surface area (Å²) in [5.41, 5.74) is 0. The third kappa shape index (κ3) is 4.31. The van der Waals surface area contributed by atoms with E-state index in [1.807, 2.05) is 7.05 Å². The highest BCUT2D eigenvalue weighted by molar-refractivity contribution is 7.89. The molecule has 1 amide bonds. The van der Waals surface area contributed by atoms with Crippen LogP contribution in [0.2, 0.25) is 0 Å². The zero-order valence-electron chi connectivity index (χ0n) is 14.6. The summed E-state index contributed by atoms with van der Waals surface area (Å²) in [5.74, 6) is 0.463. The van der Waals surface area contributed by atoms with Crippen molar-refractivity contribution in [2.45, 2.75) is 17.7 Å². The Morgan fingerprint density at radius 3 is 2.20 bits per heavy atom. The van der Waals surface area contributed by atoms with Gasteiger partial charge in [0.15, 0.2) is 6.61 Å². The first kappa shape index (κ1) is 18.2. The van der Waals surface area contributed by atoms with E-state index in [-0.39, 0.29) is 17.4 Å². The van der Waals surface area contributed by atoms with Crippen LogP contribution in [0.4, 0.5) is 0 Å². The largest absolute Gasteiger partial charge is 0.484 e. The van der Waals surface area contributed by atoms with Crippen LogP contribution in [0.1, 0.15) is 12.8 Å². The van der Waals surface area contributed by atoms with Gasteiger partial charge in [-0.2, -0.15) is 4.31 Å². The van der Waals surface area contributed by atoms with Crippen LogP contribution < -0.4 is 4.74 Å². The maximum Gasteiger partial charge on any atom is 0.260 e. The third-order valence-electron chi connectivity index (χ3n) is 4.74. The number of hydrogen-bond donors (Lipinski definition) is 0. The molecule has 2 heterocycles.